The van der Waals surface area contributed by atoms with Crippen molar-refractivity contribution in [3.05, 3.63) is 29.6 Å². The topological polar surface area (TPSA) is 41.1 Å². The van der Waals surface area contributed by atoms with E-state index in [-0.39, 0.29) is 17.8 Å². The number of amides is 1. The first-order valence-electron chi connectivity index (χ1n) is 5.48. The molecule has 1 aromatic carbocycles. The van der Waals surface area contributed by atoms with Crippen LogP contribution in [-0.2, 0) is 4.79 Å². The second-order valence-corrected chi connectivity index (χ2v) is 4.05. The van der Waals surface area contributed by atoms with E-state index >= 15 is 0 Å². The predicted molar refractivity (Wildman–Crippen MR) is 60.8 cm³/mol. The lowest BCUT2D eigenvalue weighted by atomic mass is 10.1. The number of benzene rings is 1. The third-order valence-electron chi connectivity index (χ3n) is 2.90. The van der Waals surface area contributed by atoms with Gasteiger partial charge in [0, 0.05) is 11.3 Å². The Morgan fingerprint density at radius 1 is 1.56 bits per heavy atom. The van der Waals surface area contributed by atoms with Crippen molar-refractivity contribution in [3.63, 3.8) is 0 Å². The Bertz CT molecular complexity index is 400. The van der Waals surface area contributed by atoms with Crippen LogP contribution < -0.4 is 10.6 Å². The molecule has 1 fully saturated rings. The van der Waals surface area contributed by atoms with Crippen LogP contribution in [0.1, 0.15) is 18.4 Å². The summed E-state index contributed by atoms with van der Waals surface area (Å²) in [4.78, 5) is 11.8. The maximum Gasteiger partial charge on any atom is 0.241 e. The molecular formula is C12H15FN2O. The number of hydrogen-bond donors (Lipinski definition) is 2. The lowest BCUT2D eigenvalue weighted by Crippen LogP contribution is -2.35. The lowest BCUT2D eigenvalue weighted by molar-refractivity contribution is -0.117. The lowest BCUT2D eigenvalue weighted by Gasteiger charge is -2.13. The summed E-state index contributed by atoms with van der Waals surface area (Å²) < 4.78 is 13.2. The van der Waals surface area contributed by atoms with E-state index < -0.39 is 0 Å². The fraction of sp³-hybridized carbons (Fsp3) is 0.417. The van der Waals surface area contributed by atoms with Crippen LogP contribution in [0.15, 0.2) is 18.2 Å². The van der Waals surface area contributed by atoms with Gasteiger partial charge in [-0.2, -0.15) is 0 Å². The first-order chi connectivity index (χ1) is 7.68. The van der Waals surface area contributed by atoms with E-state index in [9.17, 15) is 9.18 Å². The van der Waals surface area contributed by atoms with E-state index in [4.69, 9.17) is 0 Å². The molecule has 0 bridgehead atoms. The molecule has 0 saturated carbocycles. The standard InChI is InChI=1S/C12H15FN2O/c1-8-9(13)4-2-5-10(8)15-12(16)11-6-3-7-14-11/h2,4-5,11,14H,3,6-7H2,1H3,(H,15,16). The van der Waals surface area contributed by atoms with E-state index in [1.165, 1.54) is 6.07 Å². The summed E-state index contributed by atoms with van der Waals surface area (Å²) in [6.45, 7) is 2.53. The van der Waals surface area contributed by atoms with Crippen molar-refractivity contribution in [1.82, 2.24) is 5.32 Å². The molecule has 1 saturated heterocycles. The van der Waals surface area contributed by atoms with Crippen LogP contribution in [0.4, 0.5) is 10.1 Å². The molecule has 86 valence electrons. The molecule has 16 heavy (non-hydrogen) atoms. The molecule has 1 aliphatic heterocycles. The Kier molecular flexibility index (Phi) is 3.19. The van der Waals surface area contributed by atoms with Crippen molar-refractivity contribution in [3.8, 4) is 0 Å². The van der Waals surface area contributed by atoms with Gasteiger partial charge in [0.2, 0.25) is 5.91 Å². The Labute approximate surface area is 94.0 Å². The van der Waals surface area contributed by atoms with E-state index in [1.807, 2.05) is 0 Å². The highest BCUT2D eigenvalue weighted by molar-refractivity contribution is 5.95. The minimum Gasteiger partial charge on any atom is -0.324 e. The van der Waals surface area contributed by atoms with Gasteiger partial charge in [-0.05, 0) is 38.4 Å². The van der Waals surface area contributed by atoms with E-state index in [1.54, 1.807) is 19.1 Å². The average molecular weight is 222 g/mol. The highest BCUT2D eigenvalue weighted by atomic mass is 19.1. The molecule has 2 rings (SSSR count). The monoisotopic (exact) mass is 222 g/mol. The van der Waals surface area contributed by atoms with Gasteiger partial charge in [-0.15, -0.1) is 0 Å². The van der Waals surface area contributed by atoms with Crippen molar-refractivity contribution in [1.29, 1.82) is 0 Å². The van der Waals surface area contributed by atoms with E-state index in [2.05, 4.69) is 10.6 Å². The number of carbonyl (C=O) groups excluding carboxylic acids is 1. The van der Waals surface area contributed by atoms with Crippen LogP contribution in [0.5, 0.6) is 0 Å². The van der Waals surface area contributed by atoms with Gasteiger partial charge in [0.1, 0.15) is 5.82 Å². The van der Waals surface area contributed by atoms with Crippen molar-refractivity contribution in [2.45, 2.75) is 25.8 Å². The Balaban J connectivity index is 2.08. The summed E-state index contributed by atoms with van der Waals surface area (Å²) in [5.41, 5.74) is 1.03. The number of nitrogens with one attached hydrogen (secondary N) is 2. The summed E-state index contributed by atoms with van der Waals surface area (Å²) in [5, 5.41) is 5.86. The minimum absolute atomic E-state index is 0.0776. The van der Waals surface area contributed by atoms with Crippen LogP contribution in [0.3, 0.4) is 0 Å². The molecule has 0 aliphatic carbocycles. The highest BCUT2D eigenvalue weighted by Gasteiger charge is 2.22. The van der Waals surface area contributed by atoms with Crippen LogP contribution in [0.25, 0.3) is 0 Å². The SMILES string of the molecule is Cc1c(F)cccc1NC(=O)C1CCCN1. The summed E-state index contributed by atoms with van der Waals surface area (Å²) >= 11 is 0. The van der Waals surface area contributed by atoms with Gasteiger partial charge in [0.15, 0.2) is 0 Å². The fourth-order valence-electron chi connectivity index (χ4n) is 1.87. The molecule has 1 heterocycles. The zero-order valence-corrected chi connectivity index (χ0v) is 9.22. The van der Waals surface area contributed by atoms with Crippen LogP contribution in [0.2, 0.25) is 0 Å². The van der Waals surface area contributed by atoms with Gasteiger partial charge in [0.05, 0.1) is 6.04 Å². The quantitative estimate of drug-likeness (QED) is 0.801. The largest absolute Gasteiger partial charge is 0.324 e. The molecule has 3 nitrogen and oxygen atoms in total. The second-order valence-electron chi connectivity index (χ2n) is 4.05. The zero-order valence-electron chi connectivity index (χ0n) is 9.22. The fourth-order valence-corrected chi connectivity index (χ4v) is 1.87. The van der Waals surface area contributed by atoms with Crippen molar-refractivity contribution in [2.24, 2.45) is 0 Å². The molecule has 0 radical (unpaired) electrons. The van der Waals surface area contributed by atoms with Gasteiger partial charge >= 0.3 is 0 Å². The molecule has 4 heteroatoms. The van der Waals surface area contributed by atoms with E-state index in [0.717, 1.165) is 19.4 Å². The van der Waals surface area contributed by atoms with Gasteiger partial charge in [-0.3, -0.25) is 4.79 Å². The summed E-state index contributed by atoms with van der Waals surface area (Å²) in [7, 11) is 0. The van der Waals surface area contributed by atoms with Crippen LogP contribution in [0, 0.1) is 12.7 Å². The van der Waals surface area contributed by atoms with Crippen molar-refractivity contribution in [2.75, 3.05) is 11.9 Å². The van der Waals surface area contributed by atoms with Gasteiger partial charge in [-0.1, -0.05) is 6.07 Å². The highest BCUT2D eigenvalue weighted by Crippen LogP contribution is 2.18. The molecule has 1 aliphatic rings. The molecule has 1 atom stereocenters. The first kappa shape index (κ1) is 11.1. The summed E-state index contributed by atoms with van der Waals surface area (Å²) in [5.74, 6) is -0.372. The van der Waals surface area contributed by atoms with Crippen LogP contribution >= 0.6 is 0 Å². The van der Waals surface area contributed by atoms with Crippen molar-refractivity contribution >= 4 is 11.6 Å². The molecule has 1 aromatic rings. The maximum atomic E-state index is 13.2. The van der Waals surface area contributed by atoms with Crippen molar-refractivity contribution < 1.29 is 9.18 Å². The molecular weight excluding hydrogens is 207 g/mol. The Morgan fingerprint density at radius 3 is 3.06 bits per heavy atom. The van der Waals surface area contributed by atoms with E-state index in [0.29, 0.717) is 11.3 Å². The molecule has 1 unspecified atom stereocenters. The van der Waals surface area contributed by atoms with Gasteiger partial charge in [0.25, 0.3) is 0 Å². The van der Waals surface area contributed by atoms with Crippen LogP contribution in [-0.4, -0.2) is 18.5 Å². The smallest absolute Gasteiger partial charge is 0.241 e. The minimum atomic E-state index is -0.294. The number of rotatable bonds is 2. The predicted octanol–water partition coefficient (Wildman–Crippen LogP) is 1.82. The normalized spacial score (nSPS) is 19.8. The summed E-state index contributed by atoms with van der Waals surface area (Å²) in [6.07, 6.45) is 1.86. The molecule has 0 aromatic heterocycles. The number of carbonyl (C=O) groups is 1. The average Bonchev–Trinajstić information content (AvgIpc) is 2.78. The summed E-state index contributed by atoms with van der Waals surface area (Å²) in [6, 6.07) is 4.56. The second kappa shape index (κ2) is 4.61. The molecule has 1 amide bonds. The third-order valence-corrected chi connectivity index (χ3v) is 2.90. The Hall–Kier alpha value is -1.42. The maximum absolute atomic E-state index is 13.2. The molecule has 2 N–H and O–H groups in total. The van der Waals surface area contributed by atoms with Gasteiger partial charge < -0.3 is 10.6 Å². The third kappa shape index (κ3) is 2.22. The number of anilines is 1. The number of hydrogen-bond acceptors (Lipinski definition) is 2. The number of halogens is 1. The Morgan fingerprint density at radius 2 is 2.38 bits per heavy atom. The zero-order chi connectivity index (χ0) is 11.5. The van der Waals surface area contributed by atoms with Gasteiger partial charge in [-0.25, -0.2) is 4.39 Å². The molecule has 0 spiro atoms. The first-order valence-corrected chi connectivity index (χ1v) is 5.48.